The molecule has 2 heterocycles. The fourth-order valence-corrected chi connectivity index (χ4v) is 4.44. The van der Waals surface area contributed by atoms with E-state index in [1.807, 2.05) is 84.9 Å². The summed E-state index contributed by atoms with van der Waals surface area (Å²) in [4.78, 5) is 9.76. The first kappa shape index (κ1) is 21.2. The molecule has 2 aliphatic rings. The van der Waals surface area contributed by atoms with Gasteiger partial charge in [-0.25, -0.2) is 9.98 Å². The van der Waals surface area contributed by atoms with Gasteiger partial charge in [0.1, 0.15) is 25.3 Å². The van der Waals surface area contributed by atoms with Crippen LogP contribution in [0.5, 0.6) is 0 Å². The molecule has 4 aromatic rings. The van der Waals surface area contributed by atoms with Gasteiger partial charge >= 0.3 is 0 Å². The van der Waals surface area contributed by atoms with Gasteiger partial charge < -0.3 is 14.8 Å². The number of aliphatic imine (C=N–C) groups is 2. The first-order chi connectivity index (χ1) is 17.3. The summed E-state index contributed by atoms with van der Waals surface area (Å²) in [5, 5.41) is 3.58. The minimum Gasteiger partial charge on any atom is -0.475 e. The molecule has 0 unspecified atom stereocenters. The normalized spacial score (nSPS) is 18.9. The van der Waals surface area contributed by atoms with Crippen LogP contribution in [0.4, 0.5) is 11.4 Å². The third-order valence-corrected chi connectivity index (χ3v) is 6.26. The molecule has 172 valence electrons. The highest BCUT2D eigenvalue weighted by atomic mass is 16.5. The molecule has 0 aromatic heterocycles. The number of benzene rings is 4. The largest absolute Gasteiger partial charge is 0.475 e. The molecule has 0 spiro atoms. The maximum Gasteiger partial charge on any atom is 0.219 e. The van der Waals surface area contributed by atoms with E-state index in [4.69, 9.17) is 19.5 Å². The second-order valence-corrected chi connectivity index (χ2v) is 8.56. The van der Waals surface area contributed by atoms with Crippen LogP contribution in [0.3, 0.4) is 0 Å². The molecule has 0 saturated carbocycles. The van der Waals surface area contributed by atoms with Crippen molar-refractivity contribution in [3.63, 3.8) is 0 Å². The van der Waals surface area contributed by atoms with Gasteiger partial charge in [0.15, 0.2) is 0 Å². The number of para-hydroxylation sites is 2. The molecule has 5 nitrogen and oxygen atoms in total. The Hall–Kier alpha value is -4.38. The molecular weight excluding hydrogens is 434 g/mol. The molecule has 0 bridgehead atoms. The number of hydrogen-bond donors (Lipinski definition) is 1. The number of rotatable bonds is 6. The lowest BCUT2D eigenvalue weighted by molar-refractivity contribution is 0.320. The number of nitrogens with zero attached hydrogens (tertiary/aromatic N) is 2. The van der Waals surface area contributed by atoms with Crippen LogP contribution in [0.1, 0.15) is 34.3 Å². The fraction of sp³-hybridized carbons (Fsp3) is 0.133. The lowest BCUT2D eigenvalue weighted by Crippen LogP contribution is -2.08. The van der Waals surface area contributed by atoms with E-state index >= 15 is 0 Å². The maximum atomic E-state index is 6.04. The number of anilines is 2. The van der Waals surface area contributed by atoms with E-state index in [-0.39, 0.29) is 12.1 Å². The molecular formula is C30H25N3O2. The molecule has 0 aliphatic carbocycles. The molecule has 6 rings (SSSR count). The zero-order valence-corrected chi connectivity index (χ0v) is 19.2. The molecule has 0 amide bonds. The Labute approximate surface area is 204 Å². The van der Waals surface area contributed by atoms with Crippen molar-refractivity contribution in [3.05, 3.63) is 131 Å². The molecule has 4 aromatic carbocycles. The average molecular weight is 460 g/mol. The second kappa shape index (κ2) is 9.47. The number of nitrogens with one attached hydrogen (secondary N) is 1. The van der Waals surface area contributed by atoms with Gasteiger partial charge in [0.05, 0.1) is 22.5 Å². The summed E-state index contributed by atoms with van der Waals surface area (Å²) in [6.45, 7) is 1.07. The first-order valence-electron chi connectivity index (χ1n) is 11.8. The summed E-state index contributed by atoms with van der Waals surface area (Å²) in [7, 11) is 0. The predicted octanol–water partition coefficient (Wildman–Crippen LogP) is 6.47. The summed E-state index contributed by atoms with van der Waals surface area (Å²) in [5.41, 5.74) is 6.01. The van der Waals surface area contributed by atoms with Gasteiger partial charge in [0.25, 0.3) is 0 Å². The minimum atomic E-state index is 0.00251. The van der Waals surface area contributed by atoms with Crippen LogP contribution in [0.25, 0.3) is 0 Å². The Bertz CT molecular complexity index is 1280. The van der Waals surface area contributed by atoms with Gasteiger partial charge in [0.2, 0.25) is 11.8 Å². The third kappa shape index (κ3) is 4.41. The number of hydrogen-bond acceptors (Lipinski definition) is 5. The summed E-state index contributed by atoms with van der Waals surface area (Å²) < 4.78 is 12.1. The maximum absolute atomic E-state index is 6.04. The first-order valence-corrected chi connectivity index (χ1v) is 11.8. The zero-order valence-electron chi connectivity index (χ0n) is 19.2. The van der Waals surface area contributed by atoms with Crippen LogP contribution in [0.15, 0.2) is 119 Å². The van der Waals surface area contributed by atoms with Crippen LogP contribution in [-0.2, 0) is 9.47 Å². The quantitative estimate of drug-likeness (QED) is 0.360. The van der Waals surface area contributed by atoms with E-state index in [1.54, 1.807) is 0 Å². The van der Waals surface area contributed by atoms with E-state index < -0.39 is 0 Å². The van der Waals surface area contributed by atoms with E-state index in [1.165, 1.54) is 0 Å². The standard InChI is InChI=1S/C30H25N3O2/c1-3-11-21(12-4-1)27-19-34-29(32-27)23-15-7-9-17-25(23)31-26-18-10-8-16-24(26)30-33-28(20-35-30)22-13-5-2-6-14-22/h1-18,27-28,31H,19-20H2/t27-,28-/m0/s1. The topological polar surface area (TPSA) is 55.2 Å². The molecule has 5 heteroatoms. The highest BCUT2D eigenvalue weighted by Crippen LogP contribution is 2.32. The van der Waals surface area contributed by atoms with Gasteiger partial charge in [-0.15, -0.1) is 0 Å². The Morgan fingerprint density at radius 1 is 0.514 bits per heavy atom. The van der Waals surface area contributed by atoms with Crippen LogP contribution in [0, 0.1) is 0 Å². The van der Waals surface area contributed by atoms with Crippen molar-refractivity contribution in [3.8, 4) is 0 Å². The van der Waals surface area contributed by atoms with Crippen molar-refractivity contribution in [2.45, 2.75) is 12.1 Å². The molecule has 1 N–H and O–H groups in total. The van der Waals surface area contributed by atoms with Crippen molar-refractivity contribution >= 4 is 23.2 Å². The summed E-state index contributed by atoms with van der Waals surface area (Å²) in [6.07, 6.45) is 0. The van der Waals surface area contributed by atoms with Gasteiger partial charge in [0, 0.05) is 0 Å². The lowest BCUT2D eigenvalue weighted by Gasteiger charge is -2.15. The third-order valence-electron chi connectivity index (χ3n) is 6.26. The molecule has 0 fully saturated rings. The van der Waals surface area contributed by atoms with Crippen LogP contribution in [0.2, 0.25) is 0 Å². The smallest absolute Gasteiger partial charge is 0.219 e. The van der Waals surface area contributed by atoms with Crippen LogP contribution < -0.4 is 5.32 Å². The van der Waals surface area contributed by atoms with Crippen molar-refractivity contribution in [2.24, 2.45) is 9.98 Å². The van der Waals surface area contributed by atoms with E-state index in [2.05, 4.69) is 29.6 Å². The summed E-state index contributed by atoms with van der Waals surface area (Å²) >= 11 is 0. The van der Waals surface area contributed by atoms with Crippen molar-refractivity contribution in [2.75, 3.05) is 18.5 Å². The molecule has 0 saturated heterocycles. The lowest BCUT2D eigenvalue weighted by atomic mass is 10.1. The van der Waals surface area contributed by atoms with E-state index in [0.717, 1.165) is 33.6 Å². The van der Waals surface area contributed by atoms with Crippen LogP contribution >= 0.6 is 0 Å². The fourth-order valence-electron chi connectivity index (χ4n) is 4.44. The van der Waals surface area contributed by atoms with Gasteiger partial charge in [-0.2, -0.15) is 0 Å². The number of ether oxygens (including phenoxy) is 2. The highest BCUT2D eigenvalue weighted by molar-refractivity contribution is 6.04. The molecule has 2 aliphatic heterocycles. The van der Waals surface area contributed by atoms with Gasteiger partial charge in [-0.05, 0) is 35.4 Å². The Kier molecular flexibility index (Phi) is 5.73. The highest BCUT2D eigenvalue weighted by Gasteiger charge is 2.25. The van der Waals surface area contributed by atoms with Gasteiger partial charge in [-0.1, -0.05) is 84.9 Å². The van der Waals surface area contributed by atoms with Crippen molar-refractivity contribution < 1.29 is 9.47 Å². The zero-order chi connectivity index (χ0) is 23.5. The van der Waals surface area contributed by atoms with Crippen LogP contribution in [-0.4, -0.2) is 25.0 Å². The molecule has 0 radical (unpaired) electrons. The van der Waals surface area contributed by atoms with E-state index in [9.17, 15) is 0 Å². The van der Waals surface area contributed by atoms with Crippen molar-refractivity contribution in [1.82, 2.24) is 0 Å². The SMILES string of the molecule is c1ccc([C@@H]2COC(c3ccccc3Nc3ccccc3C3=N[C@H](c4ccccc4)CO3)=N2)cc1. The predicted molar refractivity (Wildman–Crippen MR) is 140 cm³/mol. The summed E-state index contributed by atoms with van der Waals surface area (Å²) in [6, 6.07) is 36.7. The second-order valence-electron chi connectivity index (χ2n) is 8.56. The Morgan fingerprint density at radius 3 is 1.37 bits per heavy atom. The molecule has 35 heavy (non-hydrogen) atoms. The Morgan fingerprint density at radius 2 is 0.914 bits per heavy atom. The summed E-state index contributed by atoms with van der Waals surface area (Å²) in [5.74, 6) is 1.30. The minimum absolute atomic E-state index is 0.00251. The molecule has 2 atom stereocenters. The van der Waals surface area contributed by atoms with E-state index in [0.29, 0.717) is 25.0 Å². The van der Waals surface area contributed by atoms with Gasteiger partial charge in [-0.3, -0.25) is 0 Å². The van der Waals surface area contributed by atoms with Crippen molar-refractivity contribution in [1.29, 1.82) is 0 Å². The monoisotopic (exact) mass is 459 g/mol. The Balaban J connectivity index is 1.29. The average Bonchev–Trinajstić information content (AvgIpc) is 3.61.